The van der Waals surface area contributed by atoms with Crippen LogP contribution in [0.1, 0.15) is 142 Å². The summed E-state index contributed by atoms with van der Waals surface area (Å²) >= 11 is 0. The van der Waals surface area contributed by atoms with Gasteiger partial charge in [-0.1, -0.05) is 162 Å². The molecule has 9 nitrogen and oxygen atoms in total. The van der Waals surface area contributed by atoms with Crippen LogP contribution < -0.4 is 4.89 Å². The van der Waals surface area contributed by atoms with Gasteiger partial charge in [0.2, 0.25) is 0 Å². The Balaban J connectivity index is 4.37. The van der Waals surface area contributed by atoms with E-state index < -0.39 is 32.5 Å². The number of hydrogen-bond acceptors (Lipinski definition) is 8. The van der Waals surface area contributed by atoms with E-state index in [0.717, 1.165) is 83.5 Å². The Morgan fingerprint density at radius 2 is 0.983 bits per heavy atom. The third kappa shape index (κ3) is 44.2. The van der Waals surface area contributed by atoms with E-state index in [1.54, 1.807) is 0 Å². The standard InChI is InChI=1S/C50H82NO8P/c1-6-8-10-12-14-16-18-20-21-22-23-24-25-26-27-28-29-31-32-34-36-38-40-42-49(52)56-46-48(47-58-60(54,55)57-45-44-51(3,4)5)59-50(53)43-41-39-37-35-33-30-19-17-15-13-11-9-7-2/h8-11,13-17,19-21,23-24,26-27,30,33,48H,6-7,12,18,22,25,28-29,31-32,34-47H2,1-5H3/b10-8+,11-9+,15-13+,16-14+,19-17+,21-20+,24-23+,27-26+,33-30+. The molecule has 0 bridgehead atoms. The van der Waals surface area contributed by atoms with Crippen molar-refractivity contribution in [2.24, 2.45) is 0 Å². The molecule has 0 aromatic carbocycles. The summed E-state index contributed by atoms with van der Waals surface area (Å²) in [5, 5.41) is 0. The number of likely N-dealkylation sites (N-methyl/N-ethyl adjacent to an activating group) is 1. The molecule has 0 saturated heterocycles. The second-order valence-electron chi connectivity index (χ2n) is 15.7. The molecule has 340 valence electrons. The fraction of sp³-hybridized carbons (Fsp3) is 0.600. The molecule has 0 amide bonds. The lowest BCUT2D eigenvalue weighted by atomic mass is 10.1. The number of phosphoric acid groups is 1. The van der Waals surface area contributed by atoms with Gasteiger partial charge in [0.25, 0.3) is 7.82 Å². The van der Waals surface area contributed by atoms with Gasteiger partial charge in [0.05, 0.1) is 27.7 Å². The van der Waals surface area contributed by atoms with Crippen LogP contribution in [0.25, 0.3) is 0 Å². The molecule has 0 spiro atoms. The maximum atomic E-state index is 12.6. The summed E-state index contributed by atoms with van der Waals surface area (Å²) in [5.74, 6) is -0.906. The van der Waals surface area contributed by atoms with E-state index >= 15 is 0 Å². The van der Waals surface area contributed by atoms with Gasteiger partial charge in [-0.2, -0.15) is 0 Å². The molecule has 60 heavy (non-hydrogen) atoms. The molecule has 10 heteroatoms. The zero-order chi connectivity index (χ0) is 44.3. The van der Waals surface area contributed by atoms with Crippen molar-refractivity contribution in [1.82, 2.24) is 0 Å². The van der Waals surface area contributed by atoms with Gasteiger partial charge in [0.15, 0.2) is 6.10 Å². The third-order valence-corrected chi connectivity index (χ3v) is 9.85. The van der Waals surface area contributed by atoms with Crippen molar-refractivity contribution >= 4 is 19.8 Å². The highest BCUT2D eigenvalue weighted by Gasteiger charge is 2.21. The Morgan fingerprint density at radius 1 is 0.533 bits per heavy atom. The molecule has 0 aliphatic carbocycles. The summed E-state index contributed by atoms with van der Waals surface area (Å²) in [4.78, 5) is 37.5. The van der Waals surface area contributed by atoms with Crippen molar-refractivity contribution in [1.29, 1.82) is 0 Å². The van der Waals surface area contributed by atoms with E-state index in [1.807, 2.05) is 57.6 Å². The largest absolute Gasteiger partial charge is 0.756 e. The van der Waals surface area contributed by atoms with Gasteiger partial charge in [-0.05, 0) is 77.0 Å². The Bertz CT molecular complexity index is 1380. The van der Waals surface area contributed by atoms with Gasteiger partial charge in [-0.25, -0.2) is 0 Å². The van der Waals surface area contributed by atoms with Crippen LogP contribution in [-0.2, 0) is 32.7 Å². The van der Waals surface area contributed by atoms with Gasteiger partial charge >= 0.3 is 11.9 Å². The average molecular weight is 856 g/mol. The first-order chi connectivity index (χ1) is 29.0. The first kappa shape index (κ1) is 56.7. The minimum Gasteiger partial charge on any atom is -0.756 e. The summed E-state index contributed by atoms with van der Waals surface area (Å²) in [6, 6.07) is 0. The number of quaternary nitrogens is 1. The van der Waals surface area contributed by atoms with Crippen LogP contribution in [-0.4, -0.2) is 70.0 Å². The highest BCUT2D eigenvalue weighted by Crippen LogP contribution is 2.38. The van der Waals surface area contributed by atoms with Gasteiger partial charge in [0.1, 0.15) is 19.8 Å². The van der Waals surface area contributed by atoms with E-state index in [4.69, 9.17) is 18.5 Å². The number of carbonyl (C=O) groups excluding carboxylic acids is 2. The molecule has 0 rings (SSSR count). The van der Waals surface area contributed by atoms with Gasteiger partial charge in [-0.3, -0.25) is 14.2 Å². The molecule has 0 aliphatic heterocycles. The Hall–Kier alpha value is -3.33. The van der Waals surface area contributed by atoms with Crippen LogP contribution >= 0.6 is 7.82 Å². The van der Waals surface area contributed by atoms with E-state index in [2.05, 4.69) is 86.8 Å². The molecule has 0 heterocycles. The number of allylic oxidation sites excluding steroid dienone is 18. The summed E-state index contributed by atoms with van der Waals surface area (Å²) in [7, 11) is 1.11. The second-order valence-corrected chi connectivity index (χ2v) is 17.2. The number of rotatable bonds is 39. The first-order valence-corrected chi connectivity index (χ1v) is 24.1. The molecule has 2 atom stereocenters. The molecule has 0 aromatic heterocycles. The minimum absolute atomic E-state index is 0.0476. The number of hydrogen-bond donors (Lipinski definition) is 0. The van der Waals surface area contributed by atoms with Crippen molar-refractivity contribution in [3.8, 4) is 0 Å². The molecule has 0 aromatic rings. The van der Waals surface area contributed by atoms with Gasteiger partial charge in [-0.15, -0.1) is 0 Å². The summed E-state index contributed by atoms with van der Waals surface area (Å²) in [6.45, 7) is 3.88. The average Bonchev–Trinajstić information content (AvgIpc) is 3.20. The van der Waals surface area contributed by atoms with E-state index in [-0.39, 0.29) is 26.1 Å². The molecular weight excluding hydrogens is 774 g/mol. The van der Waals surface area contributed by atoms with Crippen LogP contribution in [0.15, 0.2) is 109 Å². The lowest BCUT2D eigenvalue weighted by Crippen LogP contribution is -2.37. The fourth-order valence-electron chi connectivity index (χ4n) is 5.40. The van der Waals surface area contributed by atoms with Crippen molar-refractivity contribution < 1.29 is 42.1 Å². The quantitative estimate of drug-likeness (QED) is 0.0150. The normalized spacial score (nSPS) is 14.6. The van der Waals surface area contributed by atoms with Crippen molar-refractivity contribution in [3.05, 3.63) is 109 Å². The molecule has 0 fully saturated rings. The van der Waals surface area contributed by atoms with Crippen LogP contribution in [0.4, 0.5) is 0 Å². The number of ether oxygens (including phenoxy) is 2. The monoisotopic (exact) mass is 856 g/mol. The van der Waals surface area contributed by atoms with Crippen LogP contribution in [0.3, 0.4) is 0 Å². The summed E-state index contributed by atoms with van der Waals surface area (Å²) in [6.07, 6.45) is 55.5. The Labute approximate surface area is 366 Å². The lowest BCUT2D eigenvalue weighted by molar-refractivity contribution is -0.870. The molecule has 0 N–H and O–H groups in total. The number of carbonyl (C=O) groups is 2. The first-order valence-electron chi connectivity index (χ1n) is 22.6. The fourth-order valence-corrected chi connectivity index (χ4v) is 6.12. The Morgan fingerprint density at radius 3 is 1.55 bits per heavy atom. The second kappa shape index (κ2) is 41.0. The van der Waals surface area contributed by atoms with E-state index in [0.29, 0.717) is 23.9 Å². The maximum absolute atomic E-state index is 12.6. The molecule has 0 aliphatic rings. The Kier molecular flexibility index (Phi) is 38.8. The predicted octanol–water partition coefficient (Wildman–Crippen LogP) is 12.5. The van der Waals surface area contributed by atoms with E-state index in [1.165, 1.54) is 19.3 Å². The van der Waals surface area contributed by atoms with Crippen molar-refractivity contribution in [3.63, 3.8) is 0 Å². The molecular formula is C50H82NO8P. The number of unbranched alkanes of at least 4 members (excludes halogenated alkanes) is 10. The van der Waals surface area contributed by atoms with Crippen LogP contribution in [0, 0.1) is 0 Å². The highest BCUT2D eigenvalue weighted by molar-refractivity contribution is 7.45. The van der Waals surface area contributed by atoms with Crippen LogP contribution in [0.5, 0.6) is 0 Å². The van der Waals surface area contributed by atoms with Crippen molar-refractivity contribution in [2.45, 2.75) is 148 Å². The highest BCUT2D eigenvalue weighted by atomic mass is 31.2. The van der Waals surface area contributed by atoms with Crippen molar-refractivity contribution in [2.75, 3.05) is 47.5 Å². The number of nitrogens with zero attached hydrogens (tertiary/aromatic N) is 1. The molecule has 2 unspecified atom stereocenters. The summed E-state index contributed by atoms with van der Waals surface area (Å²) < 4.78 is 33.8. The number of phosphoric ester groups is 1. The van der Waals surface area contributed by atoms with Gasteiger partial charge in [0, 0.05) is 12.8 Å². The smallest absolute Gasteiger partial charge is 0.306 e. The SMILES string of the molecule is CC/C=C/C=C/C=C/C=C/CCCCCC(=O)OC(COC(=O)CCCCCCCCC/C=C/C/C=C/C/C=C/C/C=C/C/C=C/CC)COP(=O)([O-])OCC[N+](C)(C)C. The molecule has 0 radical (unpaired) electrons. The minimum atomic E-state index is -4.65. The lowest BCUT2D eigenvalue weighted by Gasteiger charge is -2.28. The number of esters is 2. The molecule has 0 saturated carbocycles. The third-order valence-electron chi connectivity index (χ3n) is 8.88. The summed E-state index contributed by atoms with van der Waals surface area (Å²) in [5.41, 5.74) is 0. The van der Waals surface area contributed by atoms with Crippen LogP contribution in [0.2, 0.25) is 0 Å². The van der Waals surface area contributed by atoms with Gasteiger partial charge < -0.3 is 27.9 Å². The topological polar surface area (TPSA) is 111 Å². The van der Waals surface area contributed by atoms with E-state index in [9.17, 15) is 19.0 Å². The maximum Gasteiger partial charge on any atom is 0.306 e. The predicted molar refractivity (Wildman–Crippen MR) is 249 cm³/mol. The zero-order valence-electron chi connectivity index (χ0n) is 38.1. The zero-order valence-corrected chi connectivity index (χ0v) is 39.0.